The zero-order valence-corrected chi connectivity index (χ0v) is 18.8. The molecule has 0 atom stereocenters. The van der Waals surface area contributed by atoms with Crippen LogP contribution in [0.2, 0.25) is 0 Å². The van der Waals surface area contributed by atoms with Crippen LogP contribution < -0.4 is 4.74 Å². The second kappa shape index (κ2) is 16.1. The predicted octanol–water partition coefficient (Wildman–Crippen LogP) is 6.28. The fourth-order valence-corrected chi connectivity index (χ4v) is 2.39. The Morgan fingerprint density at radius 2 is 1.13 bits per heavy atom. The molecule has 0 aromatic heterocycles. The van der Waals surface area contributed by atoms with Crippen molar-refractivity contribution in [3.05, 3.63) is 102 Å². The summed E-state index contributed by atoms with van der Waals surface area (Å²) in [5, 5.41) is -1.17. The number of rotatable bonds is 7. The Hall–Kier alpha value is -2.66. The van der Waals surface area contributed by atoms with Crippen LogP contribution in [0.4, 0.5) is 0 Å². The van der Waals surface area contributed by atoms with E-state index >= 15 is 0 Å². The first-order valence-corrected chi connectivity index (χ1v) is 10.3. The topological polar surface area (TPSA) is 60.4 Å². The van der Waals surface area contributed by atoms with E-state index in [0.717, 1.165) is 12.0 Å². The van der Waals surface area contributed by atoms with E-state index in [2.05, 4.69) is 0 Å². The average molecular weight is 480 g/mol. The van der Waals surface area contributed by atoms with Crippen molar-refractivity contribution < 1.29 is 19.1 Å². The highest BCUT2D eigenvalue weighted by Crippen LogP contribution is 2.08. The van der Waals surface area contributed by atoms with Gasteiger partial charge in [-0.05, 0) is 58.9 Å². The lowest BCUT2D eigenvalue weighted by Gasteiger charge is -2.00. The highest BCUT2D eigenvalue weighted by Gasteiger charge is 1.97. The minimum absolute atomic E-state index is 0.0778. The van der Waals surface area contributed by atoms with E-state index in [-0.39, 0.29) is 11.8 Å². The molecular formula is C24H21Cl3O4. The Bertz CT molecular complexity index is 864. The molecule has 0 unspecified atom stereocenters. The Morgan fingerprint density at radius 3 is 1.55 bits per heavy atom. The number of aryl methyl sites for hydroxylation is 1. The normalized spacial score (nSPS) is 9.26. The van der Waals surface area contributed by atoms with Crippen LogP contribution in [0.3, 0.4) is 0 Å². The molecule has 162 valence electrons. The van der Waals surface area contributed by atoms with Crippen LogP contribution in [-0.4, -0.2) is 22.3 Å². The average Bonchev–Trinajstić information content (AvgIpc) is 2.79. The number of hydrogen-bond donors (Lipinski definition) is 0. The molecule has 0 aliphatic heterocycles. The summed E-state index contributed by atoms with van der Waals surface area (Å²) in [5.74, 6) is 0.654. The van der Waals surface area contributed by atoms with E-state index in [4.69, 9.17) is 39.5 Å². The quantitative estimate of drug-likeness (QED) is 0.374. The van der Waals surface area contributed by atoms with Crippen molar-refractivity contribution in [1.29, 1.82) is 0 Å². The summed E-state index contributed by atoms with van der Waals surface area (Å²) in [4.78, 5) is 31.1. The zero-order chi connectivity index (χ0) is 22.9. The van der Waals surface area contributed by atoms with Crippen LogP contribution in [-0.2, 0) is 16.0 Å². The second-order valence-corrected chi connectivity index (χ2v) is 7.12. The van der Waals surface area contributed by atoms with Gasteiger partial charge >= 0.3 is 0 Å². The van der Waals surface area contributed by atoms with Crippen LogP contribution in [0.15, 0.2) is 91.0 Å². The molecule has 3 rings (SSSR count). The summed E-state index contributed by atoms with van der Waals surface area (Å²) < 4.78 is 4.99. The molecule has 0 amide bonds. The third-order valence-corrected chi connectivity index (χ3v) is 4.07. The van der Waals surface area contributed by atoms with Gasteiger partial charge in [0.2, 0.25) is 5.24 Å². The van der Waals surface area contributed by atoms with Crippen LogP contribution in [0.1, 0.15) is 22.3 Å². The van der Waals surface area contributed by atoms with Gasteiger partial charge in [-0.1, -0.05) is 78.9 Å². The van der Waals surface area contributed by atoms with Crippen LogP contribution in [0, 0.1) is 0 Å². The molecule has 7 heteroatoms. The molecule has 0 fully saturated rings. The first kappa shape index (κ1) is 26.4. The number of ether oxygens (including phenoxy) is 1. The van der Waals surface area contributed by atoms with Crippen molar-refractivity contribution in [1.82, 2.24) is 0 Å². The van der Waals surface area contributed by atoms with Crippen molar-refractivity contribution >= 4 is 50.5 Å². The molecule has 0 bridgehead atoms. The lowest BCUT2D eigenvalue weighted by molar-refractivity contribution is -0.113. The Balaban J connectivity index is 0.000000234. The molecule has 0 radical (unpaired) electrons. The van der Waals surface area contributed by atoms with Gasteiger partial charge in [0.25, 0.3) is 10.5 Å². The molecular weight excluding hydrogens is 459 g/mol. The van der Waals surface area contributed by atoms with E-state index in [1.54, 1.807) is 36.4 Å². The monoisotopic (exact) mass is 478 g/mol. The van der Waals surface area contributed by atoms with E-state index in [9.17, 15) is 14.4 Å². The van der Waals surface area contributed by atoms with Crippen molar-refractivity contribution in [3.63, 3.8) is 0 Å². The summed E-state index contributed by atoms with van der Waals surface area (Å²) >= 11 is 15.4. The first-order chi connectivity index (χ1) is 14.9. The molecule has 0 saturated heterocycles. The molecule has 3 aromatic rings. The van der Waals surface area contributed by atoms with Gasteiger partial charge in [0.15, 0.2) is 6.61 Å². The fourth-order valence-electron chi connectivity index (χ4n) is 2.11. The molecule has 0 aliphatic rings. The van der Waals surface area contributed by atoms with Gasteiger partial charge in [0, 0.05) is 12.0 Å². The molecule has 0 spiro atoms. The van der Waals surface area contributed by atoms with E-state index < -0.39 is 10.5 Å². The summed E-state index contributed by atoms with van der Waals surface area (Å²) in [7, 11) is 0. The van der Waals surface area contributed by atoms with Crippen molar-refractivity contribution in [2.45, 2.75) is 12.8 Å². The number of benzene rings is 3. The minimum Gasteiger partial charge on any atom is -0.484 e. The largest absolute Gasteiger partial charge is 0.484 e. The third-order valence-electron chi connectivity index (χ3n) is 3.55. The van der Waals surface area contributed by atoms with E-state index in [1.807, 2.05) is 54.6 Å². The lowest BCUT2D eigenvalue weighted by atomic mass is 10.1. The van der Waals surface area contributed by atoms with Crippen LogP contribution >= 0.6 is 34.8 Å². The molecule has 0 N–H and O–H groups in total. The zero-order valence-electron chi connectivity index (χ0n) is 16.5. The Morgan fingerprint density at radius 1 is 0.645 bits per heavy atom. The second-order valence-electron chi connectivity index (χ2n) is 5.94. The van der Waals surface area contributed by atoms with Crippen LogP contribution in [0.25, 0.3) is 0 Å². The Kier molecular flexibility index (Phi) is 13.7. The standard InChI is InChI=1S/C9H9ClO.C8H7ClO2.C7H5ClO/c10-9(11)7-6-8-4-2-1-3-5-8;9-8(10)6-11-7-4-2-1-3-5-7;8-7(9)6-4-2-1-3-5-6/h1-5H,6-7H2;1-5H,6H2;1-5H. The third kappa shape index (κ3) is 14.1. The van der Waals surface area contributed by atoms with Crippen LogP contribution in [0.5, 0.6) is 5.75 Å². The maximum Gasteiger partial charge on any atom is 0.259 e. The highest BCUT2D eigenvalue weighted by molar-refractivity contribution is 6.67. The van der Waals surface area contributed by atoms with Crippen molar-refractivity contribution in [2.75, 3.05) is 6.61 Å². The summed E-state index contributed by atoms with van der Waals surface area (Å²) in [6.45, 7) is -0.0778. The van der Waals surface area contributed by atoms with Gasteiger partial charge in [-0.3, -0.25) is 14.4 Å². The minimum atomic E-state index is -0.492. The van der Waals surface area contributed by atoms with Crippen molar-refractivity contribution in [3.8, 4) is 5.75 Å². The van der Waals surface area contributed by atoms with Gasteiger partial charge in [-0.25, -0.2) is 0 Å². The number of carbonyl (C=O) groups excluding carboxylic acids is 3. The molecule has 3 aromatic carbocycles. The molecule has 31 heavy (non-hydrogen) atoms. The lowest BCUT2D eigenvalue weighted by Crippen LogP contribution is -2.03. The van der Waals surface area contributed by atoms with Crippen molar-refractivity contribution in [2.24, 2.45) is 0 Å². The van der Waals surface area contributed by atoms with Gasteiger partial charge in [0.1, 0.15) is 5.75 Å². The molecule has 0 saturated carbocycles. The fraction of sp³-hybridized carbons (Fsp3) is 0.125. The van der Waals surface area contributed by atoms with Gasteiger partial charge < -0.3 is 4.74 Å². The summed E-state index contributed by atoms with van der Waals surface area (Å²) in [6.07, 6.45) is 1.16. The summed E-state index contributed by atoms with van der Waals surface area (Å²) in [5.41, 5.74) is 1.70. The molecule has 4 nitrogen and oxygen atoms in total. The number of carbonyl (C=O) groups is 3. The van der Waals surface area contributed by atoms with E-state index in [0.29, 0.717) is 17.7 Å². The Labute approximate surface area is 196 Å². The number of halogens is 3. The number of hydrogen-bond acceptors (Lipinski definition) is 4. The maximum atomic E-state index is 10.4. The highest BCUT2D eigenvalue weighted by atomic mass is 35.5. The number of para-hydroxylation sites is 1. The van der Waals surface area contributed by atoms with Gasteiger partial charge in [0.05, 0.1) is 0 Å². The molecule has 0 heterocycles. The van der Waals surface area contributed by atoms with Gasteiger partial charge in [-0.15, -0.1) is 0 Å². The van der Waals surface area contributed by atoms with Gasteiger partial charge in [-0.2, -0.15) is 0 Å². The maximum absolute atomic E-state index is 10.4. The first-order valence-electron chi connectivity index (χ1n) is 9.21. The molecule has 0 aliphatic carbocycles. The van der Waals surface area contributed by atoms with E-state index in [1.165, 1.54) is 0 Å². The SMILES string of the molecule is O=C(Cl)CCc1ccccc1.O=C(Cl)COc1ccccc1.O=C(Cl)c1ccccc1. The smallest absolute Gasteiger partial charge is 0.259 e. The predicted molar refractivity (Wildman–Crippen MR) is 125 cm³/mol. The summed E-state index contributed by atoms with van der Waals surface area (Å²) in [6, 6.07) is 27.6.